The first-order chi connectivity index (χ1) is 8.59. The number of nitrogens with zero attached hydrogens (tertiary/aromatic N) is 2. The van der Waals surface area contributed by atoms with Gasteiger partial charge in [-0.25, -0.2) is 4.79 Å². The topological polar surface area (TPSA) is 45.2 Å². The van der Waals surface area contributed by atoms with Gasteiger partial charge in [0, 0.05) is 19.3 Å². The zero-order valence-electron chi connectivity index (χ0n) is 11.3. The molecular formula is C14H21N3O. The van der Waals surface area contributed by atoms with Gasteiger partial charge in [-0.05, 0) is 44.7 Å². The van der Waals surface area contributed by atoms with Crippen LogP contribution < -0.4 is 5.32 Å². The average Bonchev–Trinajstić information content (AvgIpc) is 3.22. The molecule has 2 unspecified atom stereocenters. The number of hydrogen-bond acceptors (Lipinski definition) is 2. The predicted molar refractivity (Wildman–Crippen MR) is 71.1 cm³/mol. The van der Waals surface area contributed by atoms with E-state index < -0.39 is 0 Å². The molecule has 1 aromatic heterocycles. The first kappa shape index (κ1) is 12.9. The zero-order chi connectivity index (χ0) is 13.1. The van der Waals surface area contributed by atoms with Gasteiger partial charge in [0.1, 0.15) is 0 Å². The fourth-order valence-corrected chi connectivity index (χ4v) is 2.07. The Morgan fingerprint density at radius 3 is 2.72 bits per heavy atom. The first-order valence-electron chi connectivity index (χ1n) is 6.54. The van der Waals surface area contributed by atoms with E-state index in [-0.39, 0.29) is 12.1 Å². The highest BCUT2D eigenvalue weighted by molar-refractivity contribution is 5.74. The van der Waals surface area contributed by atoms with E-state index in [2.05, 4.69) is 17.2 Å². The fourth-order valence-electron chi connectivity index (χ4n) is 2.07. The Morgan fingerprint density at radius 1 is 1.44 bits per heavy atom. The fraction of sp³-hybridized carbons (Fsp3) is 0.571. The highest BCUT2D eigenvalue weighted by Crippen LogP contribution is 2.34. The Kier molecular flexibility index (Phi) is 3.84. The monoisotopic (exact) mass is 247 g/mol. The molecular weight excluding hydrogens is 226 g/mol. The molecule has 0 spiro atoms. The SMILES string of the molecule is CC(NC(=O)N(C)C(C)C1CC1)c1ccccn1. The van der Waals surface area contributed by atoms with Crippen LogP contribution >= 0.6 is 0 Å². The summed E-state index contributed by atoms with van der Waals surface area (Å²) in [5.74, 6) is 0.686. The Morgan fingerprint density at radius 2 is 2.17 bits per heavy atom. The second-order valence-corrected chi connectivity index (χ2v) is 5.11. The maximum absolute atomic E-state index is 12.1. The zero-order valence-corrected chi connectivity index (χ0v) is 11.3. The summed E-state index contributed by atoms with van der Waals surface area (Å²) in [5, 5.41) is 2.98. The van der Waals surface area contributed by atoms with Crippen molar-refractivity contribution in [3.8, 4) is 0 Å². The third kappa shape index (κ3) is 3.00. The van der Waals surface area contributed by atoms with Crippen molar-refractivity contribution in [1.29, 1.82) is 0 Å². The van der Waals surface area contributed by atoms with E-state index >= 15 is 0 Å². The van der Waals surface area contributed by atoms with E-state index in [1.807, 2.05) is 32.2 Å². The van der Waals surface area contributed by atoms with Crippen LogP contribution in [0.15, 0.2) is 24.4 Å². The van der Waals surface area contributed by atoms with Gasteiger partial charge in [0.15, 0.2) is 0 Å². The van der Waals surface area contributed by atoms with Crippen molar-refractivity contribution < 1.29 is 4.79 Å². The number of carbonyl (C=O) groups is 1. The Hall–Kier alpha value is -1.58. The van der Waals surface area contributed by atoms with Gasteiger partial charge in [-0.3, -0.25) is 4.98 Å². The second-order valence-electron chi connectivity index (χ2n) is 5.11. The van der Waals surface area contributed by atoms with Crippen molar-refractivity contribution in [1.82, 2.24) is 15.2 Å². The molecule has 2 rings (SSSR count). The predicted octanol–water partition coefficient (Wildman–Crippen LogP) is 2.58. The summed E-state index contributed by atoms with van der Waals surface area (Å²) in [6.07, 6.45) is 4.23. The number of rotatable bonds is 4. The number of hydrogen-bond donors (Lipinski definition) is 1. The molecule has 1 N–H and O–H groups in total. The molecule has 1 aliphatic carbocycles. The maximum atomic E-state index is 12.1. The molecule has 0 bridgehead atoms. The Balaban J connectivity index is 1.90. The maximum Gasteiger partial charge on any atom is 0.317 e. The number of nitrogens with one attached hydrogen (secondary N) is 1. The molecule has 0 aromatic carbocycles. The minimum Gasteiger partial charge on any atom is -0.330 e. The van der Waals surface area contributed by atoms with Crippen LogP contribution in [-0.4, -0.2) is 29.0 Å². The Labute approximate surface area is 108 Å². The van der Waals surface area contributed by atoms with Crippen LogP contribution in [0.5, 0.6) is 0 Å². The van der Waals surface area contributed by atoms with E-state index in [4.69, 9.17) is 0 Å². The lowest BCUT2D eigenvalue weighted by atomic mass is 10.2. The normalized spacial score (nSPS) is 17.9. The van der Waals surface area contributed by atoms with E-state index in [1.54, 1.807) is 11.1 Å². The third-order valence-electron chi connectivity index (χ3n) is 3.71. The minimum absolute atomic E-state index is 0.0208. The van der Waals surface area contributed by atoms with Gasteiger partial charge in [0.05, 0.1) is 11.7 Å². The molecule has 1 aliphatic rings. The summed E-state index contributed by atoms with van der Waals surface area (Å²) in [5.41, 5.74) is 0.887. The number of carbonyl (C=O) groups excluding carboxylic acids is 1. The standard InChI is InChI=1S/C14H21N3O/c1-10(13-6-4-5-9-15-13)16-14(18)17(3)11(2)12-7-8-12/h4-6,9-12H,7-8H2,1-3H3,(H,16,18). The molecule has 0 aliphatic heterocycles. The summed E-state index contributed by atoms with van der Waals surface area (Å²) in [7, 11) is 1.86. The molecule has 1 heterocycles. The average molecular weight is 247 g/mol. The summed E-state index contributed by atoms with van der Waals surface area (Å²) in [6.45, 7) is 4.07. The summed E-state index contributed by atoms with van der Waals surface area (Å²) >= 11 is 0. The lowest BCUT2D eigenvalue weighted by Gasteiger charge is -2.26. The van der Waals surface area contributed by atoms with Gasteiger partial charge >= 0.3 is 6.03 Å². The van der Waals surface area contributed by atoms with Crippen LogP contribution in [0.1, 0.15) is 38.4 Å². The quantitative estimate of drug-likeness (QED) is 0.888. The van der Waals surface area contributed by atoms with E-state index in [1.165, 1.54) is 12.8 Å². The van der Waals surface area contributed by atoms with Crippen molar-refractivity contribution in [3.63, 3.8) is 0 Å². The molecule has 4 nitrogen and oxygen atoms in total. The van der Waals surface area contributed by atoms with Crippen LogP contribution in [0, 0.1) is 5.92 Å². The smallest absolute Gasteiger partial charge is 0.317 e. The number of urea groups is 1. The van der Waals surface area contributed by atoms with Crippen LogP contribution in [0.25, 0.3) is 0 Å². The number of pyridine rings is 1. The number of aromatic nitrogens is 1. The van der Waals surface area contributed by atoms with Crippen LogP contribution in [0.4, 0.5) is 4.79 Å². The van der Waals surface area contributed by atoms with Gasteiger partial charge < -0.3 is 10.2 Å². The molecule has 2 amide bonds. The molecule has 0 radical (unpaired) electrons. The third-order valence-corrected chi connectivity index (χ3v) is 3.71. The van der Waals surface area contributed by atoms with E-state index in [9.17, 15) is 4.79 Å². The van der Waals surface area contributed by atoms with Crippen molar-refractivity contribution in [2.75, 3.05) is 7.05 Å². The van der Waals surface area contributed by atoms with Gasteiger partial charge in [-0.2, -0.15) is 0 Å². The first-order valence-corrected chi connectivity index (χ1v) is 6.54. The summed E-state index contributed by atoms with van der Waals surface area (Å²) in [4.78, 5) is 18.1. The molecule has 18 heavy (non-hydrogen) atoms. The molecule has 0 saturated heterocycles. The van der Waals surface area contributed by atoms with Crippen LogP contribution in [-0.2, 0) is 0 Å². The summed E-state index contributed by atoms with van der Waals surface area (Å²) in [6, 6.07) is 5.97. The van der Waals surface area contributed by atoms with Crippen molar-refractivity contribution in [2.24, 2.45) is 5.92 Å². The molecule has 1 fully saturated rings. The van der Waals surface area contributed by atoms with Crippen molar-refractivity contribution >= 4 is 6.03 Å². The van der Waals surface area contributed by atoms with Crippen LogP contribution in [0.3, 0.4) is 0 Å². The van der Waals surface area contributed by atoms with E-state index in [0.717, 1.165) is 5.69 Å². The number of amides is 2. The second kappa shape index (κ2) is 5.38. The highest BCUT2D eigenvalue weighted by atomic mass is 16.2. The largest absolute Gasteiger partial charge is 0.330 e. The molecule has 4 heteroatoms. The van der Waals surface area contributed by atoms with Crippen molar-refractivity contribution in [2.45, 2.75) is 38.8 Å². The van der Waals surface area contributed by atoms with Crippen LogP contribution in [0.2, 0.25) is 0 Å². The molecule has 98 valence electrons. The molecule has 1 saturated carbocycles. The summed E-state index contributed by atoms with van der Waals surface area (Å²) < 4.78 is 0. The molecule has 2 atom stereocenters. The van der Waals surface area contributed by atoms with Gasteiger partial charge in [-0.15, -0.1) is 0 Å². The van der Waals surface area contributed by atoms with Crippen molar-refractivity contribution in [3.05, 3.63) is 30.1 Å². The minimum atomic E-state index is -0.0625. The highest BCUT2D eigenvalue weighted by Gasteiger charge is 2.32. The lowest BCUT2D eigenvalue weighted by molar-refractivity contribution is 0.184. The van der Waals surface area contributed by atoms with Gasteiger partial charge in [0.25, 0.3) is 0 Å². The van der Waals surface area contributed by atoms with E-state index in [0.29, 0.717) is 12.0 Å². The Bertz CT molecular complexity index is 403. The molecule has 1 aromatic rings. The van der Waals surface area contributed by atoms with Gasteiger partial charge in [-0.1, -0.05) is 6.07 Å². The lowest BCUT2D eigenvalue weighted by Crippen LogP contribution is -2.44. The van der Waals surface area contributed by atoms with Gasteiger partial charge in [0.2, 0.25) is 0 Å².